The van der Waals surface area contributed by atoms with Gasteiger partial charge in [0.2, 0.25) is 5.91 Å². The number of aryl methyl sites for hydroxylation is 2. The number of thioether (sulfide) groups is 1. The Hall–Kier alpha value is -2.85. The van der Waals surface area contributed by atoms with E-state index < -0.39 is 0 Å². The highest BCUT2D eigenvalue weighted by Crippen LogP contribution is 2.39. The second kappa shape index (κ2) is 12.6. The second-order valence-electron chi connectivity index (χ2n) is 9.14. The van der Waals surface area contributed by atoms with Gasteiger partial charge in [0.15, 0.2) is 11.0 Å². The van der Waals surface area contributed by atoms with E-state index in [1.807, 2.05) is 37.5 Å². The van der Waals surface area contributed by atoms with Gasteiger partial charge in [0.05, 0.1) is 17.4 Å². The number of carbonyl (C=O) groups excluding carboxylic acids is 2. The van der Waals surface area contributed by atoms with Crippen molar-refractivity contribution in [1.29, 1.82) is 0 Å². The third kappa shape index (κ3) is 6.73. The van der Waals surface area contributed by atoms with E-state index in [1.165, 1.54) is 33.5 Å². The minimum Gasteiger partial charge on any atom is -0.486 e. The summed E-state index contributed by atoms with van der Waals surface area (Å²) in [6.07, 6.45) is 4.67. The van der Waals surface area contributed by atoms with Gasteiger partial charge in [-0.15, -0.1) is 21.5 Å². The van der Waals surface area contributed by atoms with Crippen LogP contribution >= 0.6 is 23.1 Å². The lowest BCUT2D eigenvalue weighted by molar-refractivity contribution is -0.113. The number of aromatic nitrogens is 3. The zero-order valence-corrected chi connectivity index (χ0v) is 23.5. The summed E-state index contributed by atoms with van der Waals surface area (Å²) in [6.45, 7) is 8.74. The first-order valence-corrected chi connectivity index (χ1v) is 14.6. The van der Waals surface area contributed by atoms with Gasteiger partial charge < -0.3 is 19.4 Å². The van der Waals surface area contributed by atoms with E-state index in [0.717, 1.165) is 43.4 Å². The number of anilines is 1. The topological polar surface area (TPSA) is 95.3 Å². The molecule has 1 N–H and O–H groups in total. The van der Waals surface area contributed by atoms with Crippen LogP contribution in [0.4, 0.5) is 5.00 Å². The monoisotopic (exact) mass is 542 g/mol. The summed E-state index contributed by atoms with van der Waals surface area (Å²) < 4.78 is 13.3. The molecule has 2 aromatic heterocycles. The fourth-order valence-corrected chi connectivity index (χ4v) is 6.37. The molecule has 0 spiro atoms. The molecule has 0 atom stereocenters. The van der Waals surface area contributed by atoms with Crippen LogP contribution in [-0.4, -0.2) is 38.5 Å². The molecular formula is C27H34N4O4S2. The predicted molar refractivity (Wildman–Crippen MR) is 147 cm³/mol. The Morgan fingerprint density at radius 3 is 2.59 bits per heavy atom. The molecule has 0 saturated heterocycles. The Kier molecular flexibility index (Phi) is 9.26. The van der Waals surface area contributed by atoms with Gasteiger partial charge in [-0.05, 0) is 76.1 Å². The maximum Gasteiger partial charge on any atom is 0.341 e. The molecule has 1 aliphatic carbocycles. The van der Waals surface area contributed by atoms with Gasteiger partial charge in [-0.2, -0.15) is 0 Å². The smallest absolute Gasteiger partial charge is 0.341 e. The SMILES string of the molecule is CCc1ccc(OCc2nnc(SCC(=O)Nc3sc4c(c3C(=O)OC(C)C)CCCC4)n2CC)cc1. The van der Waals surface area contributed by atoms with Crippen LogP contribution in [0.3, 0.4) is 0 Å². The van der Waals surface area contributed by atoms with E-state index in [1.54, 1.807) is 0 Å². The van der Waals surface area contributed by atoms with Gasteiger partial charge in [0.25, 0.3) is 0 Å². The highest BCUT2D eigenvalue weighted by molar-refractivity contribution is 7.99. The number of amides is 1. The van der Waals surface area contributed by atoms with Crippen molar-refractivity contribution in [3.8, 4) is 5.75 Å². The first-order valence-electron chi connectivity index (χ1n) is 12.8. The fourth-order valence-electron chi connectivity index (χ4n) is 4.26. The number of nitrogens with one attached hydrogen (secondary N) is 1. The Morgan fingerprint density at radius 1 is 1.14 bits per heavy atom. The summed E-state index contributed by atoms with van der Waals surface area (Å²) in [5.74, 6) is 1.08. The van der Waals surface area contributed by atoms with Crippen LogP contribution in [-0.2, 0) is 41.9 Å². The summed E-state index contributed by atoms with van der Waals surface area (Å²) in [4.78, 5) is 26.9. The second-order valence-corrected chi connectivity index (χ2v) is 11.2. The maximum absolute atomic E-state index is 12.9. The molecule has 0 bridgehead atoms. The third-order valence-electron chi connectivity index (χ3n) is 6.11. The van der Waals surface area contributed by atoms with Gasteiger partial charge in [0, 0.05) is 11.4 Å². The average molecular weight is 543 g/mol. The van der Waals surface area contributed by atoms with Crippen molar-refractivity contribution in [2.24, 2.45) is 0 Å². The number of esters is 1. The van der Waals surface area contributed by atoms with Crippen LogP contribution < -0.4 is 10.1 Å². The van der Waals surface area contributed by atoms with Crippen molar-refractivity contribution < 1.29 is 19.1 Å². The highest BCUT2D eigenvalue weighted by Gasteiger charge is 2.28. The van der Waals surface area contributed by atoms with Crippen LogP contribution in [0.15, 0.2) is 29.4 Å². The van der Waals surface area contributed by atoms with E-state index in [9.17, 15) is 9.59 Å². The number of carbonyl (C=O) groups is 2. The molecular weight excluding hydrogens is 508 g/mol. The summed E-state index contributed by atoms with van der Waals surface area (Å²) in [5, 5.41) is 12.8. The van der Waals surface area contributed by atoms with E-state index in [4.69, 9.17) is 9.47 Å². The Labute approximate surface area is 226 Å². The molecule has 10 heteroatoms. The van der Waals surface area contributed by atoms with Gasteiger partial charge in [-0.1, -0.05) is 30.8 Å². The molecule has 3 aromatic rings. The number of rotatable bonds is 11. The van der Waals surface area contributed by atoms with E-state index in [-0.39, 0.29) is 23.7 Å². The molecule has 0 radical (unpaired) electrons. The summed E-state index contributed by atoms with van der Waals surface area (Å²) in [5.41, 5.74) is 2.81. The Balaban J connectivity index is 1.39. The third-order valence-corrected chi connectivity index (χ3v) is 8.29. The van der Waals surface area contributed by atoms with E-state index >= 15 is 0 Å². The lowest BCUT2D eigenvalue weighted by Crippen LogP contribution is -2.19. The number of benzene rings is 1. The average Bonchev–Trinajstić information content (AvgIpc) is 3.46. The van der Waals surface area contributed by atoms with Crippen molar-refractivity contribution >= 4 is 40.0 Å². The molecule has 37 heavy (non-hydrogen) atoms. The van der Waals surface area contributed by atoms with Crippen molar-refractivity contribution in [3.63, 3.8) is 0 Å². The number of ether oxygens (including phenoxy) is 2. The van der Waals surface area contributed by atoms with Gasteiger partial charge in [-0.25, -0.2) is 4.79 Å². The molecule has 0 fully saturated rings. The summed E-state index contributed by atoms with van der Waals surface area (Å²) in [7, 11) is 0. The molecule has 1 aromatic carbocycles. The molecule has 0 saturated carbocycles. The van der Waals surface area contributed by atoms with Gasteiger partial charge in [-0.3, -0.25) is 4.79 Å². The molecule has 1 aliphatic rings. The lowest BCUT2D eigenvalue weighted by atomic mass is 9.95. The van der Waals surface area contributed by atoms with E-state index in [2.05, 4.69) is 34.6 Å². The zero-order valence-electron chi connectivity index (χ0n) is 21.8. The van der Waals surface area contributed by atoms with Crippen LogP contribution in [0.1, 0.15) is 72.7 Å². The molecule has 2 heterocycles. The normalized spacial score (nSPS) is 12.9. The van der Waals surface area contributed by atoms with Crippen LogP contribution in [0.25, 0.3) is 0 Å². The zero-order chi connectivity index (χ0) is 26.4. The first kappa shape index (κ1) is 27.2. The van der Waals surface area contributed by atoms with Crippen molar-refractivity contribution in [2.75, 3.05) is 11.1 Å². The lowest BCUT2D eigenvalue weighted by Gasteiger charge is -2.14. The standard InChI is InChI=1S/C27H34N4O4S2/c1-5-18-11-13-19(14-12-18)34-15-22-29-30-27(31(22)6-2)36-16-23(32)28-25-24(26(33)35-17(3)4)20-9-7-8-10-21(20)37-25/h11-14,17H,5-10,15-16H2,1-4H3,(H,28,32). The Morgan fingerprint density at radius 2 is 1.89 bits per heavy atom. The largest absolute Gasteiger partial charge is 0.486 e. The minimum absolute atomic E-state index is 0.151. The van der Waals surface area contributed by atoms with Crippen LogP contribution in [0.2, 0.25) is 0 Å². The molecule has 1 amide bonds. The van der Waals surface area contributed by atoms with Crippen molar-refractivity contribution in [2.45, 2.75) is 84.2 Å². The van der Waals surface area contributed by atoms with E-state index in [0.29, 0.717) is 34.7 Å². The van der Waals surface area contributed by atoms with Crippen molar-refractivity contribution in [3.05, 3.63) is 51.7 Å². The molecule has 198 valence electrons. The molecule has 8 nitrogen and oxygen atoms in total. The fraction of sp³-hybridized carbons (Fsp3) is 0.481. The van der Waals surface area contributed by atoms with Gasteiger partial charge >= 0.3 is 5.97 Å². The van der Waals surface area contributed by atoms with Crippen LogP contribution in [0.5, 0.6) is 5.75 Å². The predicted octanol–water partition coefficient (Wildman–Crippen LogP) is 5.68. The number of hydrogen-bond acceptors (Lipinski definition) is 8. The number of fused-ring (bicyclic) bond motifs is 1. The van der Waals surface area contributed by atoms with Crippen molar-refractivity contribution in [1.82, 2.24) is 14.8 Å². The number of thiophene rings is 1. The number of nitrogens with zero attached hydrogens (tertiary/aromatic N) is 3. The quantitative estimate of drug-likeness (QED) is 0.246. The molecule has 0 aliphatic heterocycles. The Bertz CT molecular complexity index is 1230. The molecule has 0 unspecified atom stereocenters. The molecule has 4 rings (SSSR count). The van der Waals surface area contributed by atoms with Gasteiger partial charge in [0.1, 0.15) is 17.4 Å². The minimum atomic E-state index is -0.364. The summed E-state index contributed by atoms with van der Waals surface area (Å²) in [6, 6.07) is 8.02. The first-order chi connectivity index (χ1) is 17.9. The summed E-state index contributed by atoms with van der Waals surface area (Å²) >= 11 is 2.81. The number of hydrogen-bond donors (Lipinski definition) is 1. The maximum atomic E-state index is 12.9. The van der Waals surface area contributed by atoms with Crippen LogP contribution in [0, 0.1) is 0 Å². The highest BCUT2D eigenvalue weighted by atomic mass is 32.2.